The maximum atomic E-state index is 13.1. The highest BCUT2D eigenvalue weighted by molar-refractivity contribution is 6.38. The third-order valence-electron chi connectivity index (χ3n) is 5.97. The van der Waals surface area contributed by atoms with Gasteiger partial charge in [-0.05, 0) is 30.4 Å². The van der Waals surface area contributed by atoms with Crippen molar-refractivity contribution in [3.8, 4) is 5.75 Å². The molecule has 32 heavy (non-hydrogen) atoms. The van der Waals surface area contributed by atoms with E-state index in [2.05, 4.69) is 5.32 Å². The van der Waals surface area contributed by atoms with E-state index in [0.717, 1.165) is 37.0 Å². The van der Waals surface area contributed by atoms with E-state index >= 15 is 0 Å². The summed E-state index contributed by atoms with van der Waals surface area (Å²) >= 11 is 0. The molecule has 1 saturated carbocycles. The highest BCUT2D eigenvalue weighted by atomic mass is 19.4. The van der Waals surface area contributed by atoms with Crippen molar-refractivity contribution in [1.29, 1.82) is 0 Å². The summed E-state index contributed by atoms with van der Waals surface area (Å²) in [6, 6.07) is 5.14. The lowest BCUT2D eigenvalue weighted by molar-refractivity contribution is -0.148. The monoisotopic (exact) mass is 455 g/mol. The Hall–Kier alpha value is -2.78. The van der Waals surface area contributed by atoms with Gasteiger partial charge in [0.05, 0.1) is 19.6 Å². The van der Waals surface area contributed by atoms with Gasteiger partial charge in [0.25, 0.3) is 5.91 Å². The number of anilines is 1. The van der Waals surface area contributed by atoms with E-state index in [1.165, 1.54) is 7.11 Å². The molecule has 1 aliphatic carbocycles. The van der Waals surface area contributed by atoms with Crippen molar-refractivity contribution >= 4 is 23.3 Å². The van der Waals surface area contributed by atoms with Gasteiger partial charge in [-0.15, -0.1) is 0 Å². The maximum Gasteiger partial charge on any atom is 0.405 e. The molecular formula is C22H28F3N3O4. The Bertz CT molecular complexity index is 853. The van der Waals surface area contributed by atoms with Crippen LogP contribution in [0, 0.1) is 5.92 Å². The molecule has 176 valence electrons. The molecular weight excluding hydrogens is 427 g/mol. The zero-order valence-corrected chi connectivity index (χ0v) is 18.0. The van der Waals surface area contributed by atoms with Crippen LogP contribution in [0.3, 0.4) is 0 Å². The van der Waals surface area contributed by atoms with Crippen molar-refractivity contribution in [3.05, 3.63) is 23.8 Å². The van der Waals surface area contributed by atoms with Gasteiger partial charge >= 0.3 is 6.18 Å². The van der Waals surface area contributed by atoms with Gasteiger partial charge in [-0.1, -0.05) is 25.3 Å². The summed E-state index contributed by atoms with van der Waals surface area (Å²) in [7, 11) is 1.52. The van der Waals surface area contributed by atoms with Crippen LogP contribution in [0.4, 0.5) is 18.9 Å². The van der Waals surface area contributed by atoms with Crippen LogP contribution in [-0.4, -0.2) is 62.0 Å². The molecule has 1 heterocycles. The summed E-state index contributed by atoms with van der Waals surface area (Å²) in [6.45, 7) is -1.65. The fraction of sp³-hybridized carbons (Fsp3) is 0.591. The molecule has 3 rings (SSSR count). The summed E-state index contributed by atoms with van der Waals surface area (Å²) in [5.41, 5.74) is 1.35. The molecule has 1 aliphatic heterocycles. The first-order valence-corrected chi connectivity index (χ1v) is 10.8. The number of nitrogens with zero attached hydrogens (tertiary/aromatic N) is 1. The normalized spacial score (nSPS) is 18.4. The Kier molecular flexibility index (Phi) is 7.63. The van der Waals surface area contributed by atoms with Crippen LogP contribution >= 0.6 is 0 Å². The molecule has 2 amide bonds. The number of alkyl halides is 3. The van der Waals surface area contributed by atoms with Crippen LogP contribution in [-0.2, 0) is 14.4 Å². The number of benzene rings is 1. The minimum atomic E-state index is -4.55. The van der Waals surface area contributed by atoms with Gasteiger partial charge in [0.2, 0.25) is 11.7 Å². The number of rotatable bonds is 8. The molecule has 2 N–H and O–H groups in total. The molecule has 0 bridgehead atoms. The highest BCUT2D eigenvalue weighted by Crippen LogP contribution is 2.35. The largest absolute Gasteiger partial charge is 0.497 e. The van der Waals surface area contributed by atoms with Crippen LogP contribution < -0.4 is 15.4 Å². The number of nitrogens with one attached hydrogen (secondary N) is 2. The van der Waals surface area contributed by atoms with Gasteiger partial charge in [-0.2, -0.15) is 13.2 Å². The fourth-order valence-electron chi connectivity index (χ4n) is 4.31. The molecule has 7 nitrogen and oxygen atoms in total. The lowest BCUT2D eigenvalue weighted by Crippen LogP contribution is -2.48. The van der Waals surface area contributed by atoms with Gasteiger partial charge in [-0.25, -0.2) is 0 Å². The third-order valence-corrected chi connectivity index (χ3v) is 5.97. The summed E-state index contributed by atoms with van der Waals surface area (Å²) in [4.78, 5) is 39.4. The Morgan fingerprint density at radius 2 is 1.91 bits per heavy atom. The summed E-state index contributed by atoms with van der Waals surface area (Å²) < 4.78 is 42.5. The second-order valence-corrected chi connectivity index (χ2v) is 8.33. The van der Waals surface area contributed by atoms with Gasteiger partial charge in [0.15, 0.2) is 0 Å². The molecule has 1 unspecified atom stereocenters. The molecule has 0 spiro atoms. The van der Waals surface area contributed by atoms with Crippen molar-refractivity contribution in [1.82, 2.24) is 10.2 Å². The third kappa shape index (κ3) is 6.14. The fourth-order valence-corrected chi connectivity index (χ4v) is 4.31. The van der Waals surface area contributed by atoms with Gasteiger partial charge < -0.3 is 20.3 Å². The first kappa shape index (κ1) is 23.9. The molecule has 2 aliphatic rings. The van der Waals surface area contributed by atoms with E-state index in [1.807, 2.05) is 0 Å². The highest BCUT2D eigenvalue weighted by Gasteiger charge is 2.37. The number of halogens is 3. The minimum Gasteiger partial charge on any atom is -0.497 e. The standard InChI is InChI=1S/C22H28F3N3O4/c1-32-15-7-8-16-17(10-26-18(16)9-15)20(30)21(31)28(11-14-5-3-2-4-6-14)12-19(29)27-13-22(23,24)25/h7-9,14,17,26H,2-6,10-13H2,1H3,(H,27,29). The zero-order chi connectivity index (χ0) is 23.3. The molecule has 0 aromatic heterocycles. The molecule has 10 heteroatoms. The molecule has 1 aromatic rings. The Labute approximate surface area is 184 Å². The number of methoxy groups -OCH3 is 1. The number of Topliss-reactive ketones (excluding diaryl/α,β-unsaturated/α-hetero) is 1. The maximum absolute atomic E-state index is 13.1. The average Bonchev–Trinajstić information content (AvgIpc) is 3.19. The minimum absolute atomic E-state index is 0.120. The van der Waals surface area contributed by atoms with E-state index in [1.54, 1.807) is 23.5 Å². The van der Waals surface area contributed by atoms with Crippen LogP contribution in [0.2, 0.25) is 0 Å². The lowest BCUT2D eigenvalue weighted by atomic mass is 9.88. The predicted molar refractivity (Wildman–Crippen MR) is 111 cm³/mol. The van der Waals surface area contributed by atoms with Crippen LogP contribution in [0.25, 0.3) is 0 Å². The molecule has 0 radical (unpaired) electrons. The van der Waals surface area contributed by atoms with Gasteiger partial charge in [0.1, 0.15) is 12.3 Å². The van der Waals surface area contributed by atoms with E-state index in [9.17, 15) is 27.6 Å². The lowest BCUT2D eigenvalue weighted by Gasteiger charge is -2.29. The van der Waals surface area contributed by atoms with Crippen molar-refractivity contribution in [3.63, 3.8) is 0 Å². The quantitative estimate of drug-likeness (QED) is 0.589. The predicted octanol–water partition coefficient (Wildman–Crippen LogP) is 2.86. The number of carbonyl (C=O) groups excluding carboxylic acids is 3. The second kappa shape index (κ2) is 10.2. The van der Waals surface area contributed by atoms with Crippen molar-refractivity contribution in [2.75, 3.05) is 38.6 Å². The average molecular weight is 455 g/mol. The second-order valence-electron chi connectivity index (χ2n) is 8.33. The topological polar surface area (TPSA) is 87.7 Å². The Morgan fingerprint density at radius 3 is 2.56 bits per heavy atom. The number of fused-ring (bicyclic) bond motifs is 1. The van der Waals surface area contributed by atoms with Crippen molar-refractivity contribution in [2.45, 2.75) is 44.2 Å². The molecule has 1 fully saturated rings. The van der Waals surface area contributed by atoms with Crippen LogP contribution in [0.1, 0.15) is 43.6 Å². The van der Waals surface area contributed by atoms with Crippen molar-refractivity contribution < 1.29 is 32.3 Å². The number of hydrogen-bond acceptors (Lipinski definition) is 5. The first-order valence-electron chi connectivity index (χ1n) is 10.8. The molecule has 1 atom stereocenters. The molecule has 0 saturated heterocycles. The number of ether oxygens (including phenoxy) is 1. The van der Waals surface area contributed by atoms with E-state index in [4.69, 9.17) is 4.74 Å². The smallest absolute Gasteiger partial charge is 0.405 e. The number of hydrogen-bond donors (Lipinski definition) is 2. The van der Waals surface area contributed by atoms with Crippen LogP contribution in [0.5, 0.6) is 5.75 Å². The summed E-state index contributed by atoms with van der Waals surface area (Å²) in [5.74, 6) is -2.45. The Balaban J connectivity index is 1.72. The number of carbonyl (C=O) groups is 3. The summed E-state index contributed by atoms with van der Waals surface area (Å²) in [5, 5.41) is 4.87. The van der Waals surface area contributed by atoms with Crippen molar-refractivity contribution in [2.24, 2.45) is 5.92 Å². The Morgan fingerprint density at radius 1 is 1.19 bits per heavy atom. The van der Waals surface area contributed by atoms with E-state index < -0.39 is 42.8 Å². The summed E-state index contributed by atoms with van der Waals surface area (Å²) in [6.07, 6.45) is 0.226. The van der Waals surface area contributed by atoms with Gasteiger partial charge in [0, 0.05) is 24.8 Å². The molecule has 1 aromatic carbocycles. The SMILES string of the molecule is COc1ccc2c(c1)NCC2C(=O)C(=O)N(CC(=O)NCC(F)(F)F)CC1CCCCC1. The zero-order valence-electron chi connectivity index (χ0n) is 18.0. The van der Waals surface area contributed by atoms with E-state index in [0.29, 0.717) is 17.0 Å². The van der Waals surface area contributed by atoms with Gasteiger partial charge in [-0.3, -0.25) is 14.4 Å². The van der Waals surface area contributed by atoms with Crippen LogP contribution in [0.15, 0.2) is 18.2 Å². The first-order chi connectivity index (χ1) is 15.2. The number of amides is 2. The number of ketones is 1. The van der Waals surface area contributed by atoms with E-state index in [-0.39, 0.29) is 19.0 Å².